The number of nitrogens with zero attached hydrogens (tertiary/aromatic N) is 2. The van der Waals surface area contributed by atoms with E-state index in [-0.39, 0.29) is 11.9 Å². The number of pyridine rings is 1. The number of methoxy groups -OCH3 is 1. The van der Waals surface area contributed by atoms with Crippen LogP contribution in [0.3, 0.4) is 0 Å². The third kappa shape index (κ3) is 5.16. The zero-order valence-electron chi connectivity index (χ0n) is 19.2. The fourth-order valence-electron chi connectivity index (χ4n) is 4.09. The molecule has 0 aliphatic heterocycles. The van der Waals surface area contributed by atoms with Gasteiger partial charge in [-0.05, 0) is 80.0 Å². The van der Waals surface area contributed by atoms with Crippen LogP contribution in [0.5, 0.6) is 5.75 Å². The Morgan fingerprint density at radius 1 is 1.34 bits per heavy atom. The fourth-order valence-corrected chi connectivity index (χ4v) is 4.09. The van der Waals surface area contributed by atoms with Crippen LogP contribution in [0.4, 0.5) is 0 Å². The second kappa shape index (κ2) is 10.4. The van der Waals surface area contributed by atoms with E-state index in [2.05, 4.69) is 15.3 Å². The summed E-state index contributed by atoms with van der Waals surface area (Å²) in [5, 5.41) is 13.1. The van der Waals surface area contributed by atoms with Crippen molar-refractivity contribution in [1.82, 2.24) is 10.3 Å². The average molecular weight is 437 g/mol. The first kappa shape index (κ1) is 23.5. The van der Waals surface area contributed by atoms with Crippen molar-refractivity contribution in [3.05, 3.63) is 64.0 Å². The molecule has 1 aromatic carbocycles. The van der Waals surface area contributed by atoms with Crippen molar-refractivity contribution in [2.24, 2.45) is 10.7 Å². The summed E-state index contributed by atoms with van der Waals surface area (Å²) in [6.07, 6.45) is 7.68. The maximum absolute atomic E-state index is 13.1. The van der Waals surface area contributed by atoms with E-state index in [4.69, 9.17) is 10.5 Å². The van der Waals surface area contributed by atoms with Crippen molar-refractivity contribution in [3.63, 3.8) is 0 Å². The molecule has 0 saturated heterocycles. The zero-order valence-corrected chi connectivity index (χ0v) is 19.2. The summed E-state index contributed by atoms with van der Waals surface area (Å²) in [6, 6.07) is 5.54. The first-order valence-electron chi connectivity index (χ1n) is 10.8. The SMILES string of the molecule is CN=CC=C(N)c1ccc(Cc2cc(C(=O)N[C@H]3CCC[C@@H]3O)c(OC)c(C)c2C)cn1. The molecule has 7 heteroatoms. The van der Waals surface area contributed by atoms with Crippen LogP contribution in [0.1, 0.15) is 57.6 Å². The van der Waals surface area contributed by atoms with E-state index in [1.165, 1.54) is 0 Å². The van der Waals surface area contributed by atoms with Gasteiger partial charge in [0.15, 0.2) is 0 Å². The molecule has 1 aliphatic rings. The number of carbonyl (C=O) groups excluding carboxylic acids is 1. The van der Waals surface area contributed by atoms with E-state index < -0.39 is 6.10 Å². The minimum Gasteiger partial charge on any atom is -0.496 e. The Balaban J connectivity index is 1.87. The number of aromatic nitrogens is 1. The molecule has 1 aromatic heterocycles. The van der Waals surface area contributed by atoms with Crippen LogP contribution < -0.4 is 15.8 Å². The van der Waals surface area contributed by atoms with Gasteiger partial charge in [0, 0.05) is 19.5 Å². The first-order chi connectivity index (χ1) is 15.3. The number of rotatable bonds is 7. The minimum absolute atomic E-state index is 0.217. The van der Waals surface area contributed by atoms with Gasteiger partial charge in [0.25, 0.3) is 5.91 Å². The number of hydrogen-bond acceptors (Lipinski definition) is 6. The Morgan fingerprint density at radius 2 is 2.12 bits per heavy atom. The van der Waals surface area contributed by atoms with E-state index in [0.717, 1.165) is 35.1 Å². The lowest BCUT2D eigenvalue weighted by molar-refractivity contribution is 0.0870. The molecular formula is C25H32N4O3. The number of nitrogens with two attached hydrogens (primary N) is 1. The van der Waals surface area contributed by atoms with Gasteiger partial charge < -0.3 is 20.9 Å². The van der Waals surface area contributed by atoms with Gasteiger partial charge in [0.05, 0.1) is 36.2 Å². The molecule has 2 atom stereocenters. The highest BCUT2D eigenvalue weighted by molar-refractivity contribution is 5.98. The van der Waals surface area contributed by atoms with E-state index in [9.17, 15) is 9.90 Å². The van der Waals surface area contributed by atoms with E-state index in [1.54, 1.807) is 32.6 Å². The van der Waals surface area contributed by atoms with Crippen LogP contribution in [0.15, 0.2) is 35.5 Å². The highest BCUT2D eigenvalue weighted by Crippen LogP contribution is 2.31. The third-order valence-corrected chi connectivity index (χ3v) is 6.11. The lowest BCUT2D eigenvalue weighted by Crippen LogP contribution is -2.40. The number of aliphatic hydroxyl groups is 1. The van der Waals surface area contributed by atoms with Gasteiger partial charge in [-0.25, -0.2) is 0 Å². The fraction of sp³-hybridized carbons (Fsp3) is 0.400. The number of aliphatic hydroxyl groups excluding tert-OH is 1. The molecule has 1 heterocycles. The molecule has 7 nitrogen and oxygen atoms in total. The molecule has 170 valence electrons. The number of nitrogens with one attached hydrogen (secondary N) is 1. The Morgan fingerprint density at radius 3 is 2.72 bits per heavy atom. The number of allylic oxidation sites excluding steroid dienone is 1. The van der Waals surface area contributed by atoms with Crippen molar-refractivity contribution < 1.29 is 14.6 Å². The number of amides is 1. The van der Waals surface area contributed by atoms with E-state index in [1.807, 2.05) is 32.0 Å². The van der Waals surface area contributed by atoms with Crippen LogP contribution in [-0.4, -0.2) is 48.5 Å². The lowest BCUT2D eigenvalue weighted by Gasteiger charge is -2.20. The summed E-state index contributed by atoms with van der Waals surface area (Å²) >= 11 is 0. The summed E-state index contributed by atoms with van der Waals surface area (Å²) in [5.41, 5.74) is 11.8. The molecular weight excluding hydrogens is 404 g/mol. The van der Waals surface area contributed by atoms with Crippen LogP contribution >= 0.6 is 0 Å². The van der Waals surface area contributed by atoms with Crippen molar-refractivity contribution in [1.29, 1.82) is 0 Å². The molecule has 1 saturated carbocycles. The topological polar surface area (TPSA) is 110 Å². The summed E-state index contributed by atoms with van der Waals surface area (Å²) in [7, 11) is 3.26. The quantitative estimate of drug-likeness (QED) is 0.578. The van der Waals surface area contributed by atoms with Crippen molar-refractivity contribution in [3.8, 4) is 5.75 Å². The summed E-state index contributed by atoms with van der Waals surface area (Å²) in [6.45, 7) is 3.99. The van der Waals surface area contributed by atoms with Crippen LogP contribution in [0, 0.1) is 13.8 Å². The third-order valence-electron chi connectivity index (χ3n) is 6.11. The second-order valence-electron chi connectivity index (χ2n) is 8.20. The molecule has 0 unspecified atom stereocenters. The van der Waals surface area contributed by atoms with Crippen LogP contribution in [0.25, 0.3) is 5.70 Å². The molecule has 1 amide bonds. The Labute approximate surface area is 189 Å². The molecule has 1 aliphatic carbocycles. The maximum atomic E-state index is 13.1. The average Bonchev–Trinajstić information content (AvgIpc) is 3.19. The van der Waals surface area contributed by atoms with Crippen molar-refractivity contribution in [2.45, 2.75) is 51.7 Å². The predicted molar refractivity (Wildman–Crippen MR) is 127 cm³/mol. The zero-order chi connectivity index (χ0) is 23.3. The Bertz CT molecular complexity index is 1030. The summed E-state index contributed by atoms with van der Waals surface area (Å²) in [5.74, 6) is 0.348. The molecule has 3 rings (SSSR count). The largest absolute Gasteiger partial charge is 0.496 e. The van der Waals surface area contributed by atoms with Gasteiger partial charge >= 0.3 is 0 Å². The number of ether oxygens (including phenoxy) is 1. The van der Waals surface area contributed by atoms with Crippen molar-refractivity contribution in [2.75, 3.05) is 14.2 Å². The van der Waals surface area contributed by atoms with Crippen molar-refractivity contribution >= 4 is 17.8 Å². The minimum atomic E-state index is -0.495. The lowest BCUT2D eigenvalue weighted by atomic mass is 9.93. The smallest absolute Gasteiger partial charge is 0.255 e. The Kier molecular flexibility index (Phi) is 7.64. The van der Waals surface area contributed by atoms with Crippen LogP contribution in [-0.2, 0) is 6.42 Å². The number of carbonyl (C=O) groups is 1. The molecule has 4 N–H and O–H groups in total. The Hall–Kier alpha value is -3.19. The highest BCUT2D eigenvalue weighted by Gasteiger charge is 2.28. The monoisotopic (exact) mass is 436 g/mol. The van der Waals surface area contributed by atoms with Gasteiger partial charge in [-0.1, -0.05) is 6.07 Å². The molecule has 0 radical (unpaired) electrons. The molecule has 0 spiro atoms. The normalized spacial score (nSPS) is 18.8. The standard InChI is InChI=1S/C25H32N4O3/c1-15-16(2)24(32-4)19(25(31)29-22-6-5-7-23(22)30)13-18(15)12-17-8-9-21(28-14-17)20(26)10-11-27-3/h8-11,13-14,22-23,30H,5-7,12,26H2,1-4H3,(H,29,31)/t22-,23-/m0/s1. The predicted octanol–water partition coefficient (Wildman–Crippen LogP) is 2.94. The second-order valence-corrected chi connectivity index (χ2v) is 8.20. The van der Waals surface area contributed by atoms with Gasteiger partial charge in [0.1, 0.15) is 5.75 Å². The number of benzene rings is 1. The number of aliphatic imine (C=N–C) groups is 1. The molecule has 2 aromatic rings. The van der Waals surface area contributed by atoms with Gasteiger partial charge in [-0.15, -0.1) is 0 Å². The highest BCUT2D eigenvalue weighted by atomic mass is 16.5. The number of hydrogen-bond donors (Lipinski definition) is 3. The molecule has 32 heavy (non-hydrogen) atoms. The molecule has 0 bridgehead atoms. The van der Waals surface area contributed by atoms with Gasteiger partial charge in [-0.3, -0.25) is 14.8 Å². The molecule has 1 fully saturated rings. The van der Waals surface area contributed by atoms with Gasteiger partial charge in [-0.2, -0.15) is 0 Å². The van der Waals surface area contributed by atoms with E-state index in [0.29, 0.717) is 35.5 Å². The van der Waals surface area contributed by atoms with Gasteiger partial charge in [0.2, 0.25) is 0 Å². The summed E-state index contributed by atoms with van der Waals surface area (Å²) in [4.78, 5) is 21.4. The maximum Gasteiger partial charge on any atom is 0.255 e. The van der Waals surface area contributed by atoms with E-state index >= 15 is 0 Å². The first-order valence-corrected chi connectivity index (χ1v) is 10.8. The van der Waals surface area contributed by atoms with Crippen LogP contribution in [0.2, 0.25) is 0 Å². The summed E-state index contributed by atoms with van der Waals surface area (Å²) < 4.78 is 5.58.